The molecule has 2 aromatic rings. The smallest absolute Gasteiger partial charge is 0.252 e. The minimum absolute atomic E-state index is 0.0101. The fourth-order valence-electron chi connectivity index (χ4n) is 2.24. The average Bonchev–Trinajstić information content (AvgIpc) is 3.09. The molecular weight excluding hydrogens is 226 g/mol. The van der Waals surface area contributed by atoms with Gasteiger partial charge < -0.3 is 5.32 Å². The molecule has 94 valence electrons. The summed E-state index contributed by atoms with van der Waals surface area (Å²) in [6.07, 6.45) is 5.16. The Kier molecular flexibility index (Phi) is 2.78. The molecule has 0 radical (unpaired) electrons. The van der Waals surface area contributed by atoms with Crippen molar-refractivity contribution in [2.24, 2.45) is 5.92 Å². The molecule has 18 heavy (non-hydrogen) atoms. The molecule has 4 heteroatoms. The Hall–Kier alpha value is -1.84. The number of aryl methyl sites for hydroxylation is 1. The molecule has 0 spiro atoms. The predicted octanol–water partition coefficient (Wildman–Crippen LogP) is 2.27. The lowest BCUT2D eigenvalue weighted by atomic mass is 10.0. The normalized spacial score (nSPS) is 14.9. The van der Waals surface area contributed by atoms with Crippen molar-refractivity contribution in [1.82, 2.24) is 15.5 Å². The lowest BCUT2D eigenvalue weighted by molar-refractivity contribution is 0.0953. The maximum atomic E-state index is 12.1. The Morgan fingerprint density at radius 2 is 2.33 bits per heavy atom. The second-order valence-corrected chi connectivity index (χ2v) is 4.94. The van der Waals surface area contributed by atoms with Crippen molar-refractivity contribution in [1.29, 1.82) is 0 Å². The van der Waals surface area contributed by atoms with Crippen LogP contribution < -0.4 is 5.32 Å². The van der Waals surface area contributed by atoms with Gasteiger partial charge in [-0.3, -0.25) is 9.89 Å². The van der Waals surface area contributed by atoms with E-state index in [4.69, 9.17) is 0 Å². The number of amides is 1. The number of nitrogens with one attached hydrogen (secondary N) is 2. The summed E-state index contributed by atoms with van der Waals surface area (Å²) in [5.74, 6) is 0.708. The molecule has 0 bridgehead atoms. The molecule has 2 N–H and O–H groups in total. The first-order valence-corrected chi connectivity index (χ1v) is 6.52. The Labute approximate surface area is 106 Å². The average molecular weight is 243 g/mol. The van der Waals surface area contributed by atoms with Crippen LogP contribution >= 0.6 is 0 Å². The number of H-pyrrole nitrogens is 1. The van der Waals surface area contributed by atoms with Crippen molar-refractivity contribution in [2.45, 2.75) is 26.2 Å². The third kappa shape index (κ3) is 1.98. The molecule has 1 heterocycles. The molecular formula is C14H17N3O. The maximum Gasteiger partial charge on any atom is 0.252 e. The van der Waals surface area contributed by atoms with E-state index in [1.165, 1.54) is 18.4 Å². The number of carbonyl (C=O) groups is 1. The quantitative estimate of drug-likeness (QED) is 0.865. The van der Waals surface area contributed by atoms with E-state index in [0.717, 1.165) is 29.4 Å². The fraction of sp³-hybridized carbons (Fsp3) is 0.429. The summed E-state index contributed by atoms with van der Waals surface area (Å²) >= 11 is 0. The van der Waals surface area contributed by atoms with Crippen LogP contribution in [0.1, 0.15) is 35.7 Å². The summed E-state index contributed by atoms with van der Waals surface area (Å²) in [6.45, 7) is 2.90. The van der Waals surface area contributed by atoms with Crippen LogP contribution in [0.15, 0.2) is 18.3 Å². The van der Waals surface area contributed by atoms with E-state index in [2.05, 4.69) is 22.4 Å². The van der Waals surface area contributed by atoms with Crippen LogP contribution in [0.5, 0.6) is 0 Å². The summed E-state index contributed by atoms with van der Waals surface area (Å²) < 4.78 is 0. The number of aromatic nitrogens is 2. The van der Waals surface area contributed by atoms with E-state index in [1.54, 1.807) is 6.20 Å². The third-order valence-corrected chi connectivity index (χ3v) is 3.58. The second kappa shape index (κ2) is 4.44. The topological polar surface area (TPSA) is 57.8 Å². The van der Waals surface area contributed by atoms with Gasteiger partial charge in [0.2, 0.25) is 0 Å². The van der Waals surface area contributed by atoms with Crippen molar-refractivity contribution >= 4 is 16.8 Å². The van der Waals surface area contributed by atoms with Crippen molar-refractivity contribution in [2.75, 3.05) is 6.54 Å². The third-order valence-electron chi connectivity index (χ3n) is 3.58. The van der Waals surface area contributed by atoms with Crippen LogP contribution in [-0.4, -0.2) is 22.6 Å². The molecule has 1 amide bonds. The Balaban J connectivity index is 1.90. The van der Waals surface area contributed by atoms with Crippen LogP contribution in [0.4, 0.5) is 0 Å². The first-order valence-electron chi connectivity index (χ1n) is 6.52. The van der Waals surface area contributed by atoms with Gasteiger partial charge in [0.05, 0.1) is 17.3 Å². The zero-order valence-electron chi connectivity index (χ0n) is 10.5. The van der Waals surface area contributed by atoms with Crippen LogP contribution in [0.3, 0.4) is 0 Å². The molecule has 1 aromatic heterocycles. The fourth-order valence-corrected chi connectivity index (χ4v) is 2.24. The molecule has 1 aliphatic carbocycles. The summed E-state index contributed by atoms with van der Waals surface area (Å²) in [4.78, 5) is 12.1. The Morgan fingerprint density at radius 3 is 3.06 bits per heavy atom. The summed E-state index contributed by atoms with van der Waals surface area (Å²) in [7, 11) is 0. The highest BCUT2D eigenvalue weighted by molar-refractivity contribution is 6.06. The van der Waals surface area contributed by atoms with Gasteiger partial charge in [0.15, 0.2) is 0 Å². The van der Waals surface area contributed by atoms with E-state index in [9.17, 15) is 4.79 Å². The number of benzene rings is 1. The monoisotopic (exact) mass is 243 g/mol. The Bertz CT molecular complexity index is 584. The number of nitrogens with zero attached hydrogens (tertiary/aromatic N) is 1. The molecule has 0 unspecified atom stereocenters. The second-order valence-electron chi connectivity index (χ2n) is 4.94. The molecule has 0 atom stereocenters. The molecule has 0 aliphatic heterocycles. The minimum atomic E-state index is 0.0101. The number of aromatic amines is 1. The zero-order chi connectivity index (χ0) is 12.5. The standard InChI is InChI=1S/C14H17N3O/c1-2-10-5-6-11(12-8-16-17-13(10)12)14(18)15-7-9-3-4-9/h5-6,8-9H,2-4,7H2,1H3,(H,15,18)(H,16,17). The summed E-state index contributed by atoms with van der Waals surface area (Å²) in [5.41, 5.74) is 2.90. The number of carbonyl (C=O) groups excluding carboxylic acids is 1. The van der Waals surface area contributed by atoms with Gasteiger partial charge in [0.1, 0.15) is 0 Å². The van der Waals surface area contributed by atoms with Gasteiger partial charge >= 0.3 is 0 Å². The number of hydrogen-bond donors (Lipinski definition) is 2. The van der Waals surface area contributed by atoms with Gasteiger partial charge in [0, 0.05) is 11.9 Å². The first-order chi connectivity index (χ1) is 8.79. The van der Waals surface area contributed by atoms with Crippen molar-refractivity contribution in [3.63, 3.8) is 0 Å². The van der Waals surface area contributed by atoms with Gasteiger partial charge in [-0.05, 0) is 36.8 Å². The zero-order valence-corrected chi connectivity index (χ0v) is 10.5. The van der Waals surface area contributed by atoms with E-state index in [-0.39, 0.29) is 5.91 Å². The number of hydrogen-bond acceptors (Lipinski definition) is 2. The molecule has 3 rings (SSSR count). The van der Waals surface area contributed by atoms with Gasteiger partial charge in [-0.15, -0.1) is 0 Å². The predicted molar refractivity (Wildman–Crippen MR) is 70.5 cm³/mol. The first kappa shape index (κ1) is 11.3. The summed E-state index contributed by atoms with van der Waals surface area (Å²) in [5, 5.41) is 11.0. The number of rotatable bonds is 4. The van der Waals surface area contributed by atoms with Crippen LogP contribution in [-0.2, 0) is 6.42 Å². The van der Waals surface area contributed by atoms with Crippen molar-refractivity contribution < 1.29 is 4.79 Å². The largest absolute Gasteiger partial charge is 0.352 e. The van der Waals surface area contributed by atoms with Gasteiger partial charge in [-0.2, -0.15) is 5.10 Å². The number of fused-ring (bicyclic) bond motifs is 1. The molecule has 1 saturated carbocycles. The highest BCUT2D eigenvalue weighted by Gasteiger charge is 2.22. The van der Waals surface area contributed by atoms with E-state index in [1.807, 2.05) is 12.1 Å². The lowest BCUT2D eigenvalue weighted by Crippen LogP contribution is -2.25. The van der Waals surface area contributed by atoms with Crippen LogP contribution in [0.2, 0.25) is 0 Å². The van der Waals surface area contributed by atoms with E-state index in [0.29, 0.717) is 5.92 Å². The highest BCUT2D eigenvalue weighted by Crippen LogP contribution is 2.28. The van der Waals surface area contributed by atoms with Gasteiger partial charge in [-0.25, -0.2) is 0 Å². The molecule has 1 aliphatic rings. The molecule has 1 fully saturated rings. The Morgan fingerprint density at radius 1 is 1.50 bits per heavy atom. The van der Waals surface area contributed by atoms with Crippen LogP contribution in [0, 0.1) is 5.92 Å². The SMILES string of the molecule is CCc1ccc(C(=O)NCC2CC2)c2cn[nH]c12. The highest BCUT2D eigenvalue weighted by atomic mass is 16.1. The lowest BCUT2D eigenvalue weighted by Gasteiger charge is -2.07. The van der Waals surface area contributed by atoms with Crippen LogP contribution in [0.25, 0.3) is 10.9 Å². The molecule has 1 aromatic carbocycles. The van der Waals surface area contributed by atoms with Crippen molar-refractivity contribution in [3.05, 3.63) is 29.5 Å². The molecule has 0 saturated heterocycles. The summed E-state index contributed by atoms with van der Waals surface area (Å²) in [6, 6.07) is 3.91. The van der Waals surface area contributed by atoms with Gasteiger partial charge in [0.25, 0.3) is 5.91 Å². The minimum Gasteiger partial charge on any atom is -0.352 e. The van der Waals surface area contributed by atoms with Gasteiger partial charge in [-0.1, -0.05) is 13.0 Å². The van der Waals surface area contributed by atoms with E-state index >= 15 is 0 Å². The molecule has 4 nitrogen and oxygen atoms in total. The van der Waals surface area contributed by atoms with Crippen molar-refractivity contribution in [3.8, 4) is 0 Å². The maximum absolute atomic E-state index is 12.1. The van der Waals surface area contributed by atoms with E-state index < -0.39 is 0 Å².